The van der Waals surface area contributed by atoms with Crippen LogP contribution in [0.5, 0.6) is 0 Å². The molecule has 1 unspecified atom stereocenters. The molecule has 1 saturated carbocycles. The van der Waals surface area contributed by atoms with Gasteiger partial charge in [-0.1, -0.05) is 51.1 Å². The Kier molecular flexibility index (Phi) is 4.22. The smallest absolute Gasteiger partial charge is 0.00728 e. The van der Waals surface area contributed by atoms with Crippen molar-refractivity contribution in [2.24, 2.45) is 11.8 Å². The van der Waals surface area contributed by atoms with Gasteiger partial charge in [0.2, 0.25) is 0 Å². The third-order valence-corrected chi connectivity index (χ3v) is 4.20. The Labute approximate surface area is 106 Å². The van der Waals surface area contributed by atoms with Crippen LogP contribution in [0.4, 0.5) is 0 Å². The molecule has 1 fully saturated rings. The molecule has 0 bridgehead atoms. The van der Waals surface area contributed by atoms with Crippen molar-refractivity contribution in [1.82, 2.24) is 5.32 Å². The molecule has 0 aromatic heterocycles. The summed E-state index contributed by atoms with van der Waals surface area (Å²) in [6.07, 6.45) is 2.75. The normalized spacial score (nSPS) is 25.6. The predicted octanol–water partition coefficient (Wildman–Crippen LogP) is 3.81. The van der Waals surface area contributed by atoms with Crippen LogP contribution in [-0.4, -0.2) is 12.6 Å². The van der Waals surface area contributed by atoms with Gasteiger partial charge in [-0.05, 0) is 36.2 Å². The third kappa shape index (κ3) is 3.32. The zero-order valence-electron chi connectivity index (χ0n) is 11.3. The summed E-state index contributed by atoms with van der Waals surface area (Å²) in [4.78, 5) is 0. The fourth-order valence-corrected chi connectivity index (χ4v) is 2.62. The number of nitrogens with one attached hydrogen (secondary N) is 1. The van der Waals surface area contributed by atoms with Crippen LogP contribution in [0.25, 0.3) is 0 Å². The molecule has 0 aliphatic heterocycles. The number of hydrogen-bond donors (Lipinski definition) is 1. The molecule has 0 spiro atoms. The van der Waals surface area contributed by atoms with Gasteiger partial charge < -0.3 is 5.32 Å². The Hall–Kier alpha value is -0.820. The van der Waals surface area contributed by atoms with Crippen molar-refractivity contribution in [2.45, 2.75) is 45.6 Å². The summed E-state index contributed by atoms with van der Waals surface area (Å²) < 4.78 is 0. The fourth-order valence-electron chi connectivity index (χ4n) is 2.62. The van der Waals surface area contributed by atoms with Gasteiger partial charge in [0, 0.05) is 12.6 Å². The Morgan fingerprint density at radius 2 is 1.76 bits per heavy atom. The van der Waals surface area contributed by atoms with Crippen molar-refractivity contribution < 1.29 is 0 Å². The molecule has 17 heavy (non-hydrogen) atoms. The molecular formula is C16H25N. The second-order valence-corrected chi connectivity index (χ2v) is 5.89. The summed E-state index contributed by atoms with van der Waals surface area (Å²) in [6.45, 7) is 8.10. The minimum Gasteiger partial charge on any atom is -0.313 e. The highest BCUT2D eigenvalue weighted by Gasteiger charge is 2.30. The number of hydrogen-bond acceptors (Lipinski definition) is 1. The van der Waals surface area contributed by atoms with Crippen LogP contribution in [0.1, 0.15) is 45.1 Å². The second kappa shape index (κ2) is 5.68. The first kappa shape index (κ1) is 12.6. The molecule has 1 heteroatoms. The van der Waals surface area contributed by atoms with E-state index in [4.69, 9.17) is 0 Å². The third-order valence-electron chi connectivity index (χ3n) is 4.20. The van der Waals surface area contributed by atoms with Crippen LogP contribution in [-0.2, 0) is 0 Å². The van der Waals surface area contributed by atoms with Crippen LogP contribution in [0.3, 0.4) is 0 Å². The van der Waals surface area contributed by atoms with E-state index in [-0.39, 0.29) is 0 Å². The van der Waals surface area contributed by atoms with Crippen LogP contribution < -0.4 is 5.32 Å². The molecule has 0 radical (unpaired) electrons. The maximum absolute atomic E-state index is 3.70. The summed E-state index contributed by atoms with van der Waals surface area (Å²) in [7, 11) is 0. The van der Waals surface area contributed by atoms with Gasteiger partial charge >= 0.3 is 0 Å². The zero-order valence-corrected chi connectivity index (χ0v) is 11.3. The van der Waals surface area contributed by atoms with Crippen molar-refractivity contribution in [3.8, 4) is 0 Å². The van der Waals surface area contributed by atoms with E-state index in [1.54, 1.807) is 0 Å². The lowest BCUT2D eigenvalue weighted by molar-refractivity contribution is 0.167. The van der Waals surface area contributed by atoms with Gasteiger partial charge in [-0.15, -0.1) is 0 Å². The second-order valence-electron chi connectivity index (χ2n) is 5.89. The zero-order chi connectivity index (χ0) is 12.3. The largest absolute Gasteiger partial charge is 0.313 e. The fraction of sp³-hybridized carbons (Fsp3) is 0.625. The van der Waals surface area contributed by atoms with Crippen molar-refractivity contribution in [2.75, 3.05) is 6.54 Å². The standard InChI is InChI=1S/C16H25N/c1-12(2)15-9-16(10-15)17-11-13(3)14-7-5-4-6-8-14/h4-8,12-13,15-17H,9-11H2,1-3H3. The highest BCUT2D eigenvalue weighted by atomic mass is 14.9. The molecule has 1 aliphatic rings. The van der Waals surface area contributed by atoms with E-state index in [9.17, 15) is 0 Å². The van der Waals surface area contributed by atoms with Crippen LogP contribution in [0.15, 0.2) is 30.3 Å². The summed E-state index contributed by atoms with van der Waals surface area (Å²) in [6, 6.07) is 11.6. The predicted molar refractivity (Wildman–Crippen MR) is 74.2 cm³/mol. The van der Waals surface area contributed by atoms with Gasteiger partial charge in [0.05, 0.1) is 0 Å². The molecule has 0 saturated heterocycles. The van der Waals surface area contributed by atoms with E-state index in [0.29, 0.717) is 5.92 Å². The molecule has 1 aromatic rings. The van der Waals surface area contributed by atoms with Crippen LogP contribution in [0.2, 0.25) is 0 Å². The monoisotopic (exact) mass is 231 g/mol. The Morgan fingerprint density at radius 1 is 1.12 bits per heavy atom. The maximum atomic E-state index is 3.70. The minimum atomic E-state index is 0.620. The first-order valence-electron chi connectivity index (χ1n) is 6.95. The average molecular weight is 231 g/mol. The minimum absolute atomic E-state index is 0.620. The summed E-state index contributed by atoms with van der Waals surface area (Å²) >= 11 is 0. The molecule has 94 valence electrons. The van der Waals surface area contributed by atoms with Gasteiger partial charge in [-0.2, -0.15) is 0 Å². The lowest BCUT2D eigenvalue weighted by atomic mass is 9.73. The average Bonchev–Trinajstić information content (AvgIpc) is 2.27. The highest BCUT2D eigenvalue weighted by molar-refractivity contribution is 5.19. The summed E-state index contributed by atoms with van der Waals surface area (Å²) in [5, 5.41) is 3.70. The lowest BCUT2D eigenvalue weighted by Gasteiger charge is -2.39. The lowest BCUT2D eigenvalue weighted by Crippen LogP contribution is -2.44. The summed E-state index contributed by atoms with van der Waals surface area (Å²) in [5.74, 6) is 2.44. The molecule has 2 rings (SSSR count). The van der Waals surface area contributed by atoms with Gasteiger partial charge in [-0.25, -0.2) is 0 Å². The Morgan fingerprint density at radius 3 is 2.35 bits per heavy atom. The Bertz CT molecular complexity index is 325. The van der Waals surface area contributed by atoms with Gasteiger partial charge in [0.1, 0.15) is 0 Å². The highest BCUT2D eigenvalue weighted by Crippen LogP contribution is 2.33. The van der Waals surface area contributed by atoms with Crippen LogP contribution >= 0.6 is 0 Å². The van der Waals surface area contributed by atoms with E-state index >= 15 is 0 Å². The van der Waals surface area contributed by atoms with Gasteiger partial charge in [0.25, 0.3) is 0 Å². The molecule has 0 heterocycles. The van der Waals surface area contributed by atoms with Crippen molar-refractivity contribution in [1.29, 1.82) is 0 Å². The molecule has 1 atom stereocenters. The van der Waals surface area contributed by atoms with E-state index in [1.807, 2.05) is 0 Å². The SMILES string of the molecule is CC(CNC1CC(C(C)C)C1)c1ccccc1. The van der Waals surface area contributed by atoms with E-state index in [2.05, 4.69) is 56.4 Å². The van der Waals surface area contributed by atoms with E-state index in [1.165, 1.54) is 18.4 Å². The van der Waals surface area contributed by atoms with Gasteiger partial charge in [0.15, 0.2) is 0 Å². The first-order chi connectivity index (χ1) is 8.16. The van der Waals surface area contributed by atoms with E-state index in [0.717, 1.165) is 24.4 Å². The molecular weight excluding hydrogens is 206 g/mol. The van der Waals surface area contributed by atoms with Crippen molar-refractivity contribution >= 4 is 0 Å². The molecule has 0 amide bonds. The van der Waals surface area contributed by atoms with Crippen molar-refractivity contribution in [3.63, 3.8) is 0 Å². The molecule has 1 N–H and O–H groups in total. The first-order valence-corrected chi connectivity index (χ1v) is 6.95. The number of rotatable bonds is 5. The molecule has 1 nitrogen and oxygen atoms in total. The van der Waals surface area contributed by atoms with Crippen LogP contribution in [0, 0.1) is 11.8 Å². The topological polar surface area (TPSA) is 12.0 Å². The molecule has 1 aliphatic carbocycles. The molecule has 1 aromatic carbocycles. The van der Waals surface area contributed by atoms with Crippen molar-refractivity contribution in [3.05, 3.63) is 35.9 Å². The van der Waals surface area contributed by atoms with Gasteiger partial charge in [-0.3, -0.25) is 0 Å². The summed E-state index contributed by atoms with van der Waals surface area (Å²) in [5.41, 5.74) is 1.44. The quantitative estimate of drug-likeness (QED) is 0.812. The maximum Gasteiger partial charge on any atom is 0.00728 e. The number of benzene rings is 1. The van der Waals surface area contributed by atoms with E-state index < -0.39 is 0 Å². The Balaban J connectivity index is 1.70.